The standard InChI is InChI=1S/C16H18ClN3O3/c1-11-9-15(19-23-11)18-16(22)10-20(12(2)21)8-7-13-3-5-14(17)6-4-13/h3-6,9H,7-8,10H2,1-2H3,(H,18,19,22). The van der Waals surface area contributed by atoms with Crippen LogP contribution in [0.3, 0.4) is 0 Å². The third kappa shape index (κ3) is 5.41. The van der Waals surface area contributed by atoms with E-state index in [1.807, 2.05) is 12.1 Å². The molecule has 2 aromatic rings. The van der Waals surface area contributed by atoms with Gasteiger partial charge in [-0.15, -0.1) is 0 Å². The first-order valence-corrected chi connectivity index (χ1v) is 7.55. The number of nitrogens with zero attached hydrogens (tertiary/aromatic N) is 2. The molecule has 0 saturated carbocycles. The molecule has 122 valence electrons. The Morgan fingerprint density at radius 1 is 1.30 bits per heavy atom. The second-order valence-corrected chi connectivity index (χ2v) is 5.62. The number of nitrogens with one attached hydrogen (secondary N) is 1. The van der Waals surface area contributed by atoms with Crippen molar-refractivity contribution in [1.82, 2.24) is 10.1 Å². The summed E-state index contributed by atoms with van der Waals surface area (Å²) in [6.07, 6.45) is 0.646. The van der Waals surface area contributed by atoms with E-state index in [1.165, 1.54) is 11.8 Å². The summed E-state index contributed by atoms with van der Waals surface area (Å²) in [6, 6.07) is 9.02. The monoisotopic (exact) mass is 335 g/mol. The molecule has 7 heteroatoms. The highest BCUT2D eigenvalue weighted by Crippen LogP contribution is 2.11. The number of hydrogen-bond donors (Lipinski definition) is 1. The maximum absolute atomic E-state index is 12.0. The molecule has 0 aliphatic rings. The molecular weight excluding hydrogens is 318 g/mol. The van der Waals surface area contributed by atoms with Gasteiger partial charge in [-0.25, -0.2) is 0 Å². The molecule has 0 aliphatic carbocycles. The van der Waals surface area contributed by atoms with Crippen molar-refractivity contribution in [1.29, 1.82) is 0 Å². The van der Waals surface area contributed by atoms with Crippen LogP contribution < -0.4 is 5.32 Å². The van der Waals surface area contributed by atoms with Crippen LogP contribution in [0, 0.1) is 6.92 Å². The minimum Gasteiger partial charge on any atom is -0.360 e. The van der Waals surface area contributed by atoms with Crippen LogP contribution in [-0.4, -0.2) is 35.0 Å². The lowest BCUT2D eigenvalue weighted by atomic mass is 10.1. The van der Waals surface area contributed by atoms with Crippen molar-refractivity contribution >= 4 is 29.2 Å². The zero-order valence-corrected chi connectivity index (χ0v) is 13.8. The van der Waals surface area contributed by atoms with E-state index in [4.69, 9.17) is 16.1 Å². The molecule has 0 bridgehead atoms. The number of halogens is 1. The topological polar surface area (TPSA) is 75.4 Å². The van der Waals surface area contributed by atoms with E-state index in [0.717, 1.165) is 5.56 Å². The summed E-state index contributed by atoms with van der Waals surface area (Å²) in [5.41, 5.74) is 1.05. The zero-order chi connectivity index (χ0) is 16.8. The van der Waals surface area contributed by atoms with E-state index < -0.39 is 0 Å². The average Bonchev–Trinajstić information content (AvgIpc) is 2.90. The van der Waals surface area contributed by atoms with Gasteiger partial charge in [0.25, 0.3) is 0 Å². The summed E-state index contributed by atoms with van der Waals surface area (Å²) in [5.74, 6) is 0.468. The van der Waals surface area contributed by atoms with E-state index >= 15 is 0 Å². The number of aromatic nitrogens is 1. The molecule has 0 unspecified atom stereocenters. The van der Waals surface area contributed by atoms with Crippen molar-refractivity contribution in [3.05, 3.63) is 46.7 Å². The van der Waals surface area contributed by atoms with Crippen LogP contribution in [0.25, 0.3) is 0 Å². The lowest BCUT2D eigenvalue weighted by Gasteiger charge is -2.20. The van der Waals surface area contributed by atoms with E-state index in [2.05, 4.69) is 10.5 Å². The van der Waals surface area contributed by atoms with Crippen molar-refractivity contribution in [3.63, 3.8) is 0 Å². The van der Waals surface area contributed by atoms with Gasteiger partial charge in [-0.3, -0.25) is 9.59 Å². The molecule has 0 radical (unpaired) electrons. The van der Waals surface area contributed by atoms with Crippen molar-refractivity contribution in [3.8, 4) is 0 Å². The van der Waals surface area contributed by atoms with Crippen molar-refractivity contribution in [2.75, 3.05) is 18.4 Å². The second kappa shape index (κ2) is 7.78. The van der Waals surface area contributed by atoms with E-state index in [1.54, 1.807) is 25.1 Å². The number of hydrogen-bond acceptors (Lipinski definition) is 4. The van der Waals surface area contributed by atoms with Crippen molar-refractivity contribution < 1.29 is 14.1 Å². The molecule has 1 aromatic carbocycles. The third-order valence-electron chi connectivity index (χ3n) is 3.26. The number of rotatable bonds is 6. The van der Waals surface area contributed by atoms with Crippen LogP contribution in [0.15, 0.2) is 34.9 Å². The fraction of sp³-hybridized carbons (Fsp3) is 0.312. The first-order valence-electron chi connectivity index (χ1n) is 7.17. The first kappa shape index (κ1) is 17.0. The first-order chi connectivity index (χ1) is 10.9. The Balaban J connectivity index is 1.89. The van der Waals surface area contributed by atoms with Gasteiger partial charge in [-0.2, -0.15) is 0 Å². The highest BCUT2D eigenvalue weighted by Gasteiger charge is 2.15. The molecular formula is C16H18ClN3O3. The van der Waals surface area contributed by atoms with E-state index in [-0.39, 0.29) is 18.4 Å². The molecule has 6 nitrogen and oxygen atoms in total. The van der Waals surface area contributed by atoms with E-state index in [9.17, 15) is 9.59 Å². The molecule has 1 heterocycles. The number of carbonyl (C=O) groups is 2. The second-order valence-electron chi connectivity index (χ2n) is 5.19. The number of benzene rings is 1. The van der Waals surface area contributed by atoms with Gasteiger partial charge in [0.1, 0.15) is 5.76 Å². The summed E-state index contributed by atoms with van der Waals surface area (Å²) in [7, 11) is 0. The van der Waals surface area contributed by atoms with Gasteiger partial charge in [0, 0.05) is 24.6 Å². The predicted octanol–water partition coefficient (Wildman–Crippen LogP) is 2.67. The summed E-state index contributed by atoms with van der Waals surface area (Å²) < 4.78 is 4.88. The summed E-state index contributed by atoms with van der Waals surface area (Å²) >= 11 is 5.84. The van der Waals surface area contributed by atoms with Gasteiger partial charge in [0.2, 0.25) is 11.8 Å². The van der Waals surface area contributed by atoms with Crippen LogP contribution >= 0.6 is 11.6 Å². The molecule has 1 N–H and O–H groups in total. The summed E-state index contributed by atoms with van der Waals surface area (Å²) in [6.45, 7) is 3.59. The van der Waals surface area contributed by atoms with Crippen molar-refractivity contribution in [2.45, 2.75) is 20.3 Å². The van der Waals surface area contributed by atoms with E-state index in [0.29, 0.717) is 29.6 Å². The SMILES string of the molecule is CC(=O)N(CCc1ccc(Cl)cc1)CC(=O)Nc1cc(C)on1. The highest BCUT2D eigenvalue weighted by atomic mass is 35.5. The Kier molecular flexibility index (Phi) is 5.76. The van der Waals surface area contributed by atoms with Crippen LogP contribution in [0.2, 0.25) is 5.02 Å². The number of carbonyl (C=O) groups excluding carboxylic acids is 2. The molecule has 23 heavy (non-hydrogen) atoms. The number of anilines is 1. The Morgan fingerprint density at radius 3 is 2.57 bits per heavy atom. The maximum Gasteiger partial charge on any atom is 0.245 e. The maximum atomic E-state index is 12.0. The molecule has 0 spiro atoms. The number of amides is 2. The Hall–Kier alpha value is -2.34. The Labute approximate surface area is 139 Å². The zero-order valence-electron chi connectivity index (χ0n) is 13.0. The Bertz CT molecular complexity index is 682. The third-order valence-corrected chi connectivity index (χ3v) is 3.51. The summed E-state index contributed by atoms with van der Waals surface area (Å²) in [5, 5.41) is 6.95. The normalized spacial score (nSPS) is 10.4. The minimum atomic E-state index is -0.315. The largest absolute Gasteiger partial charge is 0.360 e. The van der Waals surface area contributed by atoms with Crippen molar-refractivity contribution in [2.24, 2.45) is 0 Å². The quantitative estimate of drug-likeness (QED) is 0.880. The fourth-order valence-corrected chi connectivity index (χ4v) is 2.17. The average molecular weight is 336 g/mol. The van der Waals surface area contributed by atoms with Gasteiger partial charge >= 0.3 is 0 Å². The lowest BCUT2D eigenvalue weighted by molar-refractivity contribution is -0.132. The Morgan fingerprint density at radius 2 is 2.00 bits per heavy atom. The molecule has 2 rings (SSSR count). The van der Waals surface area contributed by atoms with Gasteiger partial charge in [0.15, 0.2) is 5.82 Å². The molecule has 0 atom stereocenters. The minimum absolute atomic E-state index is 0.0329. The molecule has 0 aliphatic heterocycles. The van der Waals surface area contributed by atoms with Crippen LogP contribution in [0.5, 0.6) is 0 Å². The smallest absolute Gasteiger partial charge is 0.245 e. The van der Waals surface area contributed by atoms with Crippen LogP contribution in [0.1, 0.15) is 18.2 Å². The van der Waals surface area contributed by atoms with Crippen LogP contribution in [-0.2, 0) is 16.0 Å². The molecule has 0 saturated heterocycles. The highest BCUT2D eigenvalue weighted by molar-refractivity contribution is 6.30. The summed E-state index contributed by atoms with van der Waals surface area (Å²) in [4.78, 5) is 25.2. The molecule has 0 fully saturated rings. The molecule has 2 amide bonds. The predicted molar refractivity (Wildman–Crippen MR) is 87.3 cm³/mol. The van der Waals surface area contributed by atoms with Gasteiger partial charge in [-0.05, 0) is 31.0 Å². The van der Waals surface area contributed by atoms with Gasteiger partial charge in [0.05, 0.1) is 6.54 Å². The number of aryl methyl sites for hydroxylation is 1. The lowest BCUT2D eigenvalue weighted by Crippen LogP contribution is -2.38. The molecule has 1 aromatic heterocycles. The van der Waals surface area contributed by atoms with Gasteiger partial charge < -0.3 is 14.7 Å². The van der Waals surface area contributed by atoms with Gasteiger partial charge in [-0.1, -0.05) is 28.9 Å². The van der Waals surface area contributed by atoms with Crippen LogP contribution in [0.4, 0.5) is 5.82 Å². The fourth-order valence-electron chi connectivity index (χ4n) is 2.04.